The summed E-state index contributed by atoms with van der Waals surface area (Å²) in [6, 6.07) is 3.62. The summed E-state index contributed by atoms with van der Waals surface area (Å²) in [5, 5.41) is 0.431. The highest BCUT2D eigenvalue weighted by atomic mass is 127. The Morgan fingerprint density at radius 1 is 1.22 bits per heavy atom. The van der Waals surface area contributed by atoms with Gasteiger partial charge >= 0.3 is 5.97 Å². The number of halogens is 2. The molecule has 1 aliphatic rings. The third kappa shape index (κ3) is 2.66. The summed E-state index contributed by atoms with van der Waals surface area (Å²) in [6.07, 6.45) is 0.0413. The molecule has 0 aliphatic carbocycles. The molecule has 18 heavy (non-hydrogen) atoms. The third-order valence-electron chi connectivity index (χ3n) is 2.28. The third-order valence-corrected chi connectivity index (χ3v) is 2.90. The first-order chi connectivity index (χ1) is 8.47. The van der Waals surface area contributed by atoms with E-state index >= 15 is 0 Å². The van der Waals surface area contributed by atoms with Crippen LogP contribution in [-0.4, -0.2) is 22.8 Å². The van der Waals surface area contributed by atoms with Crippen molar-refractivity contribution in [1.29, 1.82) is 0 Å². The fraction of sp³-hybridized carbons (Fsp3) is 0.182. The van der Waals surface area contributed by atoms with Gasteiger partial charge in [0.05, 0.1) is 5.56 Å². The van der Waals surface area contributed by atoms with E-state index in [9.17, 15) is 18.8 Å². The molecule has 0 atom stereocenters. The second-order valence-corrected chi connectivity index (χ2v) is 4.86. The van der Waals surface area contributed by atoms with Gasteiger partial charge in [0.25, 0.3) is 11.8 Å². The molecule has 0 radical (unpaired) electrons. The second-order valence-electron chi connectivity index (χ2n) is 3.62. The van der Waals surface area contributed by atoms with Gasteiger partial charge in [0.2, 0.25) is 0 Å². The van der Waals surface area contributed by atoms with Crippen molar-refractivity contribution in [3.05, 3.63) is 33.1 Å². The number of imide groups is 1. The zero-order valence-electron chi connectivity index (χ0n) is 8.98. The quantitative estimate of drug-likeness (QED) is 0.592. The van der Waals surface area contributed by atoms with Crippen molar-refractivity contribution in [2.75, 3.05) is 0 Å². The lowest BCUT2D eigenvalue weighted by atomic mass is 10.2. The van der Waals surface area contributed by atoms with Crippen LogP contribution in [0.2, 0.25) is 0 Å². The van der Waals surface area contributed by atoms with Gasteiger partial charge in [0.15, 0.2) is 0 Å². The van der Waals surface area contributed by atoms with Crippen molar-refractivity contribution >= 4 is 40.4 Å². The molecule has 1 aromatic carbocycles. The lowest BCUT2D eigenvalue weighted by molar-refractivity contribution is -0.172. The topological polar surface area (TPSA) is 63.7 Å². The Hall–Kier alpha value is -1.51. The highest BCUT2D eigenvalue weighted by Gasteiger charge is 2.33. The number of carbonyl (C=O) groups is 3. The molecule has 1 aliphatic heterocycles. The molecule has 1 heterocycles. The molecule has 0 bridgehead atoms. The predicted octanol–water partition coefficient (Wildman–Crippen LogP) is 1.65. The molecule has 1 aromatic rings. The summed E-state index contributed by atoms with van der Waals surface area (Å²) in [7, 11) is 0. The number of nitrogens with zero attached hydrogens (tertiary/aromatic N) is 1. The summed E-state index contributed by atoms with van der Waals surface area (Å²) in [5.74, 6) is -2.66. The number of hydrogen-bond acceptors (Lipinski definition) is 4. The molecule has 1 saturated heterocycles. The normalized spacial score (nSPS) is 15.1. The number of hydrogen-bond donors (Lipinski definition) is 0. The highest BCUT2D eigenvalue weighted by molar-refractivity contribution is 14.1. The largest absolute Gasteiger partial charge is 0.364 e. The monoisotopic (exact) mass is 363 g/mol. The zero-order chi connectivity index (χ0) is 13.3. The van der Waals surface area contributed by atoms with Crippen LogP contribution in [0.15, 0.2) is 18.2 Å². The molecule has 0 unspecified atom stereocenters. The van der Waals surface area contributed by atoms with E-state index in [-0.39, 0.29) is 18.4 Å². The van der Waals surface area contributed by atoms with E-state index in [4.69, 9.17) is 0 Å². The van der Waals surface area contributed by atoms with Crippen LogP contribution in [0.1, 0.15) is 23.2 Å². The number of benzene rings is 1. The van der Waals surface area contributed by atoms with Crippen LogP contribution in [0.4, 0.5) is 4.39 Å². The van der Waals surface area contributed by atoms with E-state index in [0.29, 0.717) is 8.63 Å². The molecule has 2 rings (SSSR count). The van der Waals surface area contributed by atoms with Crippen molar-refractivity contribution in [1.82, 2.24) is 5.06 Å². The smallest absolute Gasteiger partial charge is 0.325 e. The van der Waals surface area contributed by atoms with Gasteiger partial charge < -0.3 is 4.84 Å². The summed E-state index contributed by atoms with van der Waals surface area (Å²) >= 11 is 1.84. The van der Waals surface area contributed by atoms with Crippen LogP contribution in [-0.2, 0) is 14.4 Å². The first-order valence-corrected chi connectivity index (χ1v) is 6.09. The van der Waals surface area contributed by atoms with Crippen LogP contribution in [0.3, 0.4) is 0 Å². The Bertz CT molecular complexity index is 510. The van der Waals surface area contributed by atoms with Crippen molar-refractivity contribution < 1.29 is 23.6 Å². The van der Waals surface area contributed by atoms with Gasteiger partial charge in [-0.15, -0.1) is 5.06 Å². The summed E-state index contributed by atoms with van der Waals surface area (Å²) < 4.78 is 13.6. The fourth-order valence-corrected chi connectivity index (χ4v) is 2.10. The molecule has 0 spiro atoms. The summed E-state index contributed by atoms with van der Waals surface area (Å²) in [5.41, 5.74) is -0.0492. The summed E-state index contributed by atoms with van der Waals surface area (Å²) in [4.78, 5) is 38.8. The van der Waals surface area contributed by atoms with Gasteiger partial charge in [0, 0.05) is 16.4 Å². The molecule has 5 nitrogen and oxygen atoms in total. The van der Waals surface area contributed by atoms with Gasteiger partial charge in [-0.3, -0.25) is 9.59 Å². The van der Waals surface area contributed by atoms with Crippen LogP contribution >= 0.6 is 22.6 Å². The SMILES string of the molecule is O=C(ON1C(=O)CCC1=O)c1cc(F)cc(I)c1. The molecular weight excluding hydrogens is 356 g/mol. The standard InChI is InChI=1S/C11H7FINO4/c12-7-3-6(4-8(13)5-7)11(17)18-14-9(15)1-2-10(14)16/h3-5H,1-2H2. The molecule has 0 saturated carbocycles. The maximum atomic E-state index is 13.1. The number of amides is 2. The lowest BCUT2D eigenvalue weighted by Gasteiger charge is -2.12. The molecule has 2 amide bonds. The maximum Gasteiger partial charge on any atom is 0.364 e. The number of hydroxylamine groups is 2. The van der Waals surface area contributed by atoms with Crippen LogP contribution in [0.5, 0.6) is 0 Å². The number of carbonyl (C=O) groups excluding carboxylic acids is 3. The molecular formula is C11H7FINO4. The van der Waals surface area contributed by atoms with E-state index in [2.05, 4.69) is 4.84 Å². The molecule has 0 N–H and O–H groups in total. The average Bonchev–Trinajstić information content (AvgIpc) is 2.59. The van der Waals surface area contributed by atoms with E-state index in [0.717, 1.165) is 6.07 Å². The van der Waals surface area contributed by atoms with Crippen molar-refractivity contribution in [2.45, 2.75) is 12.8 Å². The van der Waals surface area contributed by atoms with E-state index in [1.165, 1.54) is 12.1 Å². The molecule has 1 fully saturated rings. The van der Waals surface area contributed by atoms with Gasteiger partial charge in [-0.2, -0.15) is 0 Å². The maximum absolute atomic E-state index is 13.1. The molecule has 94 valence electrons. The molecule has 0 aromatic heterocycles. The van der Waals surface area contributed by atoms with Crippen molar-refractivity contribution in [2.24, 2.45) is 0 Å². The highest BCUT2D eigenvalue weighted by Crippen LogP contribution is 2.16. The second kappa shape index (κ2) is 5.01. The first-order valence-electron chi connectivity index (χ1n) is 5.01. The van der Waals surface area contributed by atoms with Crippen LogP contribution in [0, 0.1) is 9.39 Å². The van der Waals surface area contributed by atoms with Crippen LogP contribution < -0.4 is 0 Å². The van der Waals surface area contributed by atoms with E-state index in [1.54, 1.807) is 0 Å². The van der Waals surface area contributed by atoms with Gasteiger partial charge in [-0.1, -0.05) is 0 Å². The number of rotatable bonds is 2. The molecule has 7 heteroatoms. The van der Waals surface area contributed by atoms with Crippen molar-refractivity contribution in [3.63, 3.8) is 0 Å². The Kier molecular flexibility index (Phi) is 3.60. The summed E-state index contributed by atoms with van der Waals surface area (Å²) in [6.45, 7) is 0. The van der Waals surface area contributed by atoms with E-state index < -0.39 is 23.6 Å². The van der Waals surface area contributed by atoms with Gasteiger partial charge in [-0.05, 0) is 40.8 Å². The first kappa shape index (κ1) is 12.9. The Labute approximate surface area is 115 Å². The Morgan fingerprint density at radius 3 is 2.39 bits per heavy atom. The fourth-order valence-electron chi connectivity index (χ4n) is 1.47. The van der Waals surface area contributed by atoms with Crippen molar-refractivity contribution in [3.8, 4) is 0 Å². The minimum Gasteiger partial charge on any atom is -0.325 e. The zero-order valence-corrected chi connectivity index (χ0v) is 11.1. The minimum atomic E-state index is -0.934. The Balaban J connectivity index is 2.17. The predicted molar refractivity (Wildman–Crippen MR) is 65.6 cm³/mol. The van der Waals surface area contributed by atoms with E-state index in [1.807, 2.05) is 22.6 Å². The minimum absolute atomic E-state index is 0.0206. The van der Waals surface area contributed by atoms with Crippen LogP contribution in [0.25, 0.3) is 0 Å². The van der Waals surface area contributed by atoms with Gasteiger partial charge in [-0.25, -0.2) is 9.18 Å². The Morgan fingerprint density at radius 2 is 1.83 bits per heavy atom. The average molecular weight is 363 g/mol. The van der Waals surface area contributed by atoms with Gasteiger partial charge in [0.1, 0.15) is 5.82 Å². The lowest BCUT2D eigenvalue weighted by Crippen LogP contribution is -2.32.